The average molecular weight is 390 g/mol. The highest BCUT2D eigenvalue weighted by molar-refractivity contribution is 5.94. The molecule has 0 bridgehead atoms. The lowest BCUT2D eigenvalue weighted by atomic mass is 10.1. The number of hydrogen-bond acceptors (Lipinski definition) is 3. The monoisotopic (exact) mass is 390 g/mol. The fourth-order valence-corrected chi connectivity index (χ4v) is 3.48. The highest BCUT2D eigenvalue weighted by atomic mass is 19.1. The number of para-hydroxylation sites is 1. The SMILES string of the molecule is O=C(c1ccc(OCc2ccccc2)cc1)N1CCN(c2ccccc2F)CC1. The van der Waals surface area contributed by atoms with Gasteiger partial charge < -0.3 is 14.5 Å². The predicted octanol–water partition coefficient (Wildman–Crippen LogP) is 4.37. The van der Waals surface area contributed by atoms with Crippen molar-refractivity contribution in [2.24, 2.45) is 0 Å². The second kappa shape index (κ2) is 8.78. The number of carbonyl (C=O) groups excluding carboxylic acids is 1. The summed E-state index contributed by atoms with van der Waals surface area (Å²) < 4.78 is 19.7. The van der Waals surface area contributed by atoms with Crippen molar-refractivity contribution in [1.29, 1.82) is 0 Å². The van der Waals surface area contributed by atoms with E-state index in [2.05, 4.69) is 0 Å². The Balaban J connectivity index is 1.32. The second-order valence-corrected chi connectivity index (χ2v) is 7.03. The molecule has 0 N–H and O–H groups in total. The van der Waals surface area contributed by atoms with Crippen LogP contribution in [-0.2, 0) is 6.61 Å². The average Bonchev–Trinajstić information content (AvgIpc) is 2.79. The summed E-state index contributed by atoms with van der Waals surface area (Å²) in [6.07, 6.45) is 0. The predicted molar refractivity (Wildman–Crippen MR) is 112 cm³/mol. The maximum absolute atomic E-state index is 14.0. The minimum Gasteiger partial charge on any atom is -0.489 e. The molecule has 0 saturated carbocycles. The van der Waals surface area contributed by atoms with Crippen LogP contribution in [0.25, 0.3) is 0 Å². The third-order valence-electron chi connectivity index (χ3n) is 5.11. The van der Waals surface area contributed by atoms with E-state index in [1.807, 2.05) is 58.3 Å². The van der Waals surface area contributed by atoms with Crippen molar-refractivity contribution in [2.45, 2.75) is 6.61 Å². The number of benzene rings is 3. The van der Waals surface area contributed by atoms with Crippen LogP contribution in [0, 0.1) is 5.82 Å². The van der Waals surface area contributed by atoms with Gasteiger partial charge in [-0.1, -0.05) is 42.5 Å². The zero-order chi connectivity index (χ0) is 20.1. The van der Waals surface area contributed by atoms with Crippen molar-refractivity contribution < 1.29 is 13.9 Å². The molecule has 0 atom stereocenters. The Labute approximate surface area is 170 Å². The highest BCUT2D eigenvalue weighted by Gasteiger charge is 2.23. The van der Waals surface area contributed by atoms with Gasteiger partial charge in [-0.2, -0.15) is 0 Å². The van der Waals surface area contributed by atoms with E-state index in [0.717, 1.165) is 11.3 Å². The van der Waals surface area contributed by atoms with Crippen LogP contribution in [0.5, 0.6) is 5.75 Å². The van der Waals surface area contributed by atoms with E-state index in [0.29, 0.717) is 44.0 Å². The number of rotatable bonds is 5. The molecule has 29 heavy (non-hydrogen) atoms. The Morgan fingerprint density at radius 3 is 2.17 bits per heavy atom. The lowest BCUT2D eigenvalue weighted by molar-refractivity contribution is 0.0746. The molecule has 4 nitrogen and oxygen atoms in total. The molecule has 0 unspecified atom stereocenters. The fraction of sp³-hybridized carbons (Fsp3) is 0.208. The number of carbonyl (C=O) groups is 1. The van der Waals surface area contributed by atoms with Gasteiger partial charge in [-0.3, -0.25) is 4.79 Å². The normalized spacial score (nSPS) is 14.0. The molecule has 1 aliphatic heterocycles. The van der Waals surface area contributed by atoms with Crippen molar-refractivity contribution in [3.8, 4) is 5.75 Å². The van der Waals surface area contributed by atoms with E-state index in [1.165, 1.54) is 6.07 Å². The molecule has 1 aliphatic rings. The van der Waals surface area contributed by atoms with Crippen LogP contribution in [0.2, 0.25) is 0 Å². The van der Waals surface area contributed by atoms with Crippen LogP contribution in [0.4, 0.5) is 10.1 Å². The molecular weight excluding hydrogens is 367 g/mol. The van der Waals surface area contributed by atoms with Gasteiger partial charge >= 0.3 is 0 Å². The summed E-state index contributed by atoms with van der Waals surface area (Å²) in [5.41, 5.74) is 2.33. The van der Waals surface area contributed by atoms with Gasteiger partial charge in [0.2, 0.25) is 0 Å². The molecule has 1 saturated heterocycles. The first kappa shape index (κ1) is 19.0. The van der Waals surface area contributed by atoms with Crippen LogP contribution in [0.15, 0.2) is 78.9 Å². The number of hydrogen-bond donors (Lipinski definition) is 0. The minimum atomic E-state index is -0.224. The Kier molecular flexibility index (Phi) is 5.75. The molecule has 0 radical (unpaired) electrons. The van der Waals surface area contributed by atoms with Crippen LogP contribution in [-0.4, -0.2) is 37.0 Å². The molecular formula is C24H23FN2O2. The van der Waals surface area contributed by atoms with Crippen molar-refractivity contribution >= 4 is 11.6 Å². The summed E-state index contributed by atoms with van der Waals surface area (Å²) in [7, 11) is 0. The molecule has 0 aliphatic carbocycles. The van der Waals surface area contributed by atoms with Gasteiger partial charge in [-0.25, -0.2) is 4.39 Å². The number of halogens is 1. The van der Waals surface area contributed by atoms with E-state index in [1.54, 1.807) is 24.3 Å². The molecule has 1 heterocycles. The van der Waals surface area contributed by atoms with Crippen molar-refractivity contribution in [2.75, 3.05) is 31.1 Å². The third-order valence-corrected chi connectivity index (χ3v) is 5.11. The largest absolute Gasteiger partial charge is 0.489 e. The first-order valence-electron chi connectivity index (χ1n) is 9.76. The summed E-state index contributed by atoms with van der Waals surface area (Å²) >= 11 is 0. The number of piperazine rings is 1. The van der Waals surface area contributed by atoms with Crippen LogP contribution in [0.1, 0.15) is 15.9 Å². The van der Waals surface area contributed by atoms with Gasteiger partial charge in [0.25, 0.3) is 5.91 Å². The van der Waals surface area contributed by atoms with Crippen LogP contribution >= 0.6 is 0 Å². The first-order chi connectivity index (χ1) is 14.2. The van der Waals surface area contributed by atoms with Crippen LogP contribution in [0.3, 0.4) is 0 Å². The molecule has 5 heteroatoms. The summed E-state index contributed by atoms with van der Waals surface area (Å²) in [6, 6.07) is 24.0. The van der Waals surface area contributed by atoms with Crippen LogP contribution < -0.4 is 9.64 Å². The molecule has 0 spiro atoms. The second-order valence-electron chi connectivity index (χ2n) is 7.03. The van der Waals surface area contributed by atoms with Gasteiger partial charge in [0.15, 0.2) is 0 Å². The summed E-state index contributed by atoms with van der Waals surface area (Å²) in [5.74, 6) is 0.501. The van der Waals surface area contributed by atoms with E-state index >= 15 is 0 Å². The number of nitrogens with zero attached hydrogens (tertiary/aromatic N) is 2. The fourth-order valence-electron chi connectivity index (χ4n) is 3.48. The molecule has 4 rings (SSSR count). The van der Waals surface area contributed by atoms with E-state index in [9.17, 15) is 9.18 Å². The third kappa shape index (κ3) is 4.57. The first-order valence-corrected chi connectivity index (χ1v) is 9.76. The molecule has 1 fully saturated rings. The number of anilines is 1. The summed E-state index contributed by atoms with van der Waals surface area (Å²) in [5, 5.41) is 0. The van der Waals surface area contributed by atoms with E-state index < -0.39 is 0 Å². The number of amides is 1. The Bertz CT molecular complexity index is 952. The summed E-state index contributed by atoms with van der Waals surface area (Å²) in [6.45, 7) is 2.86. The van der Waals surface area contributed by atoms with E-state index in [4.69, 9.17) is 4.74 Å². The van der Waals surface area contributed by atoms with Crippen molar-refractivity contribution in [3.05, 3.63) is 95.8 Å². The lowest BCUT2D eigenvalue weighted by Crippen LogP contribution is -2.49. The topological polar surface area (TPSA) is 32.8 Å². The Morgan fingerprint density at radius 2 is 1.48 bits per heavy atom. The quantitative estimate of drug-likeness (QED) is 0.649. The van der Waals surface area contributed by atoms with Gasteiger partial charge in [0.1, 0.15) is 18.2 Å². The molecule has 148 valence electrons. The lowest BCUT2D eigenvalue weighted by Gasteiger charge is -2.36. The smallest absolute Gasteiger partial charge is 0.253 e. The van der Waals surface area contributed by atoms with Gasteiger partial charge in [0, 0.05) is 31.7 Å². The molecule has 3 aromatic rings. The molecule has 3 aromatic carbocycles. The van der Waals surface area contributed by atoms with Gasteiger partial charge in [-0.15, -0.1) is 0 Å². The maximum Gasteiger partial charge on any atom is 0.253 e. The Morgan fingerprint density at radius 1 is 0.828 bits per heavy atom. The zero-order valence-electron chi connectivity index (χ0n) is 16.1. The highest BCUT2D eigenvalue weighted by Crippen LogP contribution is 2.21. The van der Waals surface area contributed by atoms with E-state index in [-0.39, 0.29) is 11.7 Å². The maximum atomic E-state index is 14.0. The molecule has 1 amide bonds. The minimum absolute atomic E-state index is 0.00667. The number of ether oxygens (including phenoxy) is 1. The van der Waals surface area contributed by atoms with Gasteiger partial charge in [-0.05, 0) is 42.0 Å². The molecule has 0 aromatic heterocycles. The zero-order valence-corrected chi connectivity index (χ0v) is 16.1. The standard InChI is InChI=1S/C24H23FN2O2/c25-22-8-4-5-9-23(22)26-14-16-27(17-15-26)24(28)20-10-12-21(13-11-20)29-18-19-6-2-1-3-7-19/h1-13H,14-18H2. The summed E-state index contributed by atoms with van der Waals surface area (Å²) in [4.78, 5) is 16.6. The Hall–Kier alpha value is -3.34. The van der Waals surface area contributed by atoms with Crippen molar-refractivity contribution in [1.82, 2.24) is 4.90 Å². The van der Waals surface area contributed by atoms with Gasteiger partial charge in [0.05, 0.1) is 5.69 Å². The van der Waals surface area contributed by atoms with Crippen molar-refractivity contribution in [3.63, 3.8) is 0 Å².